The number of aromatic amines is 1. The molecule has 146 valence electrons. The van der Waals surface area contributed by atoms with Crippen LogP contribution >= 0.6 is 22.7 Å². The van der Waals surface area contributed by atoms with Crippen LogP contribution in [0.25, 0.3) is 21.7 Å². The van der Waals surface area contributed by atoms with Crippen LogP contribution in [0.15, 0.2) is 40.5 Å². The van der Waals surface area contributed by atoms with Crippen LogP contribution in [0.5, 0.6) is 0 Å². The van der Waals surface area contributed by atoms with Gasteiger partial charge in [0.15, 0.2) is 11.0 Å². The summed E-state index contributed by atoms with van der Waals surface area (Å²) in [6.07, 6.45) is 4.26. The first-order valence-electron chi connectivity index (χ1n) is 9.48. The van der Waals surface area contributed by atoms with Gasteiger partial charge in [0, 0.05) is 17.2 Å². The molecule has 0 atom stereocenters. The minimum atomic E-state index is -0.125. The van der Waals surface area contributed by atoms with Gasteiger partial charge in [-0.3, -0.25) is 14.5 Å². The molecule has 8 heteroatoms. The summed E-state index contributed by atoms with van der Waals surface area (Å²) in [6, 6.07) is 9.39. The molecule has 0 radical (unpaired) electrons. The van der Waals surface area contributed by atoms with E-state index in [1.807, 2.05) is 35.7 Å². The molecule has 0 saturated heterocycles. The van der Waals surface area contributed by atoms with Gasteiger partial charge in [-0.05, 0) is 43.4 Å². The highest BCUT2D eigenvalue weighted by atomic mass is 32.1. The summed E-state index contributed by atoms with van der Waals surface area (Å²) in [7, 11) is 0. The van der Waals surface area contributed by atoms with Gasteiger partial charge in [-0.25, -0.2) is 9.97 Å². The standard InChI is InChI=1S/C21H18N4O2S2/c1-12(26)25(13-7-3-2-4-8-13)21-22-15(11-28-21)18-23-19(27)17-14-9-5-6-10-16(14)29-20(17)24-18/h2-4,7-8,11H,5-6,9-10H2,1H3,(H,23,24,27). The Labute approximate surface area is 174 Å². The first-order valence-corrected chi connectivity index (χ1v) is 11.2. The van der Waals surface area contributed by atoms with Crippen molar-refractivity contribution in [3.8, 4) is 11.5 Å². The molecule has 0 saturated carbocycles. The zero-order valence-corrected chi connectivity index (χ0v) is 17.4. The monoisotopic (exact) mass is 422 g/mol. The lowest BCUT2D eigenvalue weighted by Gasteiger charge is -2.17. The van der Waals surface area contributed by atoms with Crippen molar-refractivity contribution in [2.45, 2.75) is 32.6 Å². The minimum absolute atomic E-state index is 0.106. The highest BCUT2D eigenvalue weighted by Gasteiger charge is 2.22. The minimum Gasteiger partial charge on any atom is -0.305 e. The summed E-state index contributed by atoms with van der Waals surface area (Å²) in [6.45, 7) is 1.51. The number of thiophene rings is 1. The van der Waals surface area contributed by atoms with Crippen molar-refractivity contribution >= 4 is 49.6 Å². The number of nitrogens with zero attached hydrogens (tertiary/aromatic N) is 3. The molecule has 0 aliphatic heterocycles. The predicted molar refractivity (Wildman–Crippen MR) is 117 cm³/mol. The van der Waals surface area contributed by atoms with Gasteiger partial charge >= 0.3 is 0 Å². The van der Waals surface area contributed by atoms with E-state index in [0.29, 0.717) is 16.6 Å². The molecule has 1 aromatic carbocycles. The topological polar surface area (TPSA) is 79.0 Å². The van der Waals surface area contributed by atoms with E-state index < -0.39 is 0 Å². The van der Waals surface area contributed by atoms with E-state index >= 15 is 0 Å². The second-order valence-corrected chi connectivity index (χ2v) is 8.93. The Hall–Kier alpha value is -2.84. The number of hydrogen-bond donors (Lipinski definition) is 1. The number of nitrogens with one attached hydrogen (secondary N) is 1. The molecular weight excluding hydrogens is 404 g/mol. The van der Waals surface area contributed by atoms with Crippen LogP contribution in [-0.4, -0.2) is 20.9 Å². The lowest BCUT2D eigenvalue weighted by Crippen LogP contribution is -2.22. The predicted octanol–water partition coefficient (Wildman–Crippen LogP) is 4.67. The summed E-state index contributed by atoms with van der Waals surface area (Å²) in [5.74, 6) is 0.320. The summed E-state index contributed by atoms with van der Waals surface area (Å²) in [5.41, 5.74) is 2.38. The average Bonchev–Trinajstić information content (AvgIpc) is 3.33. The Morgan fingerprint density at radius 2 is 1.93 bits per heavy atom. The first-order chi connectivity index (χ1) is 14.1. The number of aryl methyl sites for hydroxylation is 2. The Balaban J connectivity index is 1.57. The first kappa shape index (κ1) is 18.2. The van der Waals surface area contributed by atoms with Gasteiger partial charge in [0.05, 0.1) is 11.1 Å². The number of thiazole rings is 1. The molecule has 3 heterocycles. The van der Waals surface area contributed by atoms with Gasteiger partial charge in [0.25, 0.3) is 5.56 Å². The van der Waals surface area contributed by atoms with Crippen LogP contribution in [0.3, 0.4) is 0 Å². The van der Waals surface area contributed by atoms with E-state index in [1.165, 1.54) is 35.1 Å². The Bertz CT molecular complexity index is 1270. The van der Waals surface area contributed by atoms with Crippen LogP contribution in [0.2, 0.25) is 0 Å². The highest BCUT2D eigenvalue weighted by molar-refractivity contribution is 7.18. The van der Waals surface area contributed by atoms with E-state index in [-0.39, 0.29) is 11.5 Å². The Morgan fingerprint density at radius 1 is 1.14 bits per heavy atom. The maximum absolute atomic E-state index is 12.8. The van der Waals surface area contributed by atoms with Crippen molar-refractivity contribution in [2.24, 2.45) is 0 Å². The number of benzene rings is 1. The van der Waals surface area contributed by atoms with E-state index in [9.17, 15) is 9.59 Å². The van der Waals surface area contributed by atoms with Crippen molar-refractivity contribution < 1.29 is 4.79 Å². The number of rotatable bonds is 3. The number of carbonyl (C=O) groups is 1. The quantitative estimate of drug-likeness (QED) is 0.520. The molecule has 5 rings (SSSR count). The van der Waals surface area contributed by atoms with E-state index in [2.05, 4.69) is 9.97 Å². The molecule has 1 aliphatic rings. The number of carbonyl (C=O) groups excluding carboxylic acids is 1. The van der Waals surface area contributed by atoms with Crippen LogP contribution in [0.1, 0.15) is 30.2 Å². The van der Waals surface area contributed by atoms with Gasteiger partial charge in [-0.2, -0.15) is 0 Å². The number of fused-ring (bicyclic) bond motifs is 3. The molecule has 0 bridgehead atoms. The van der Waals surface area contributed by atoms with Crippen LogP contribution < -0.4 is 10.5 Å². The smallest absolute Gasteiger partial charge is 0.260 e. The molecule has 0 spiro atoms. The van der Waals surface area contributed by atoms with E-state index in [1.54, 1.807) is 16.2 Å². The number of para-hydroxylation sites is 1. The molecular formula is C21H18N4O2S2. The number of anilines is 2. The van der Waals surface area contributed by atoms with Crippen molar-refractivity contribution in [3.63, 3.8) is 0 Å². The lowest BCUT2D eigenvalue weighted by molar-refractivity contribution is -0.115. The van der Waals surface area contributed by atoms with E-state index in [0.717, 1.165) is 35.2 Å². The second-order valence-electron chi connectivity index (χ2n) is 7.01. The molecule has 1 N–H and O–H groups in total. The van der Waals surface area contributed by atoms with Crippen molar-refractivity contribution in [1.82, 2.24) is 15.0 Å². The fourth-order valence-corrected chi connectivity index (χ4v) is 5.90. The largest absolute Gasteiger partial charge is 0.305 e. The van der Waals surface area contributed by atoms with Gasteiger partial charge in [0.1, 0.15) is 10.5 Å². The summed E-state index contributed by atoms with van der Waals surface area (Å²) >= 11 is 2.97. The van der Waals surface area contributed by atoms with Gasteiger partial charge in [0.2, 0.25) is 5.91 Å². The third-order valence-electron chi connectivity index (χ3n) is 5.08. The molecule has 4 aromatic rings. The Kier molecular flexibility index (Phi) is 4.52. The van der Waals surface area contributed by atoms with Crippen LogP contribution in [0.4, 0.5) is 10.8 Å². The third kappa shape index (κ3) is 3.18. The van der Waals surface area contributed by atoms with Crippen molar-refractivity contribution in [1.29, 1.82) is 0 Å². The maximum Gasteiger partial charge on any atom is 0.260 e. The molecule has 0 unspecified atom stereocenters. The lowest BCUT2D eigenvalue weighted by atomic mass is 9.97. The average molecular weight is 423 g/mol. The molecule has 0 fully saturated rings. The summed E-state index contributed by atoms with van der Waals surface area (Å²) in [4.78, 5) is 40.9. The van der Waals surface area contributed by atoms with Crippen molar-refractivity contribution in [3.05, 3.63) is 56.5 Å². The van der Waals surface area contributed by atoms with Crippen LogP contribution in [-0.2, 0) is 17.6 Å². The molecule has 1 amide bonds. The third-order valence-corrected chi connectivity index (χ3v) is 7.09. The number of amides is 1. The number of H-pyrrole nitrogens is 1. The van der Waals surface area contributed by atoms with Crippen LogP contribution in [0, 0.1) is 0 Å². The second kappa shape index (κ2) is 7.20. The number of aromatic nitrogens is 3. The number of hydrogen-bond acceptors (Lipinski definition) is 6. The van der Waals surface area contributed by atoms with Gasteiger partial charge in [-0.15, -0.1) is 22.7 Å². The SMILES string of the molecule is CC(=O)N(c1ccccc1)c1nc(-c2nc3sc4c(c3c(=O)[nH]2)CCCC4)cs1. The molecule has 29 heavy (non-hydrogen) atoms. The molecule has 1 aliphatic carbocycles. The highest BCUT2D eigenvalue weighted by Crippen LogP contribution is 2.35. The van der Waals surface area contributed by atoms with Crippen molar-refractivity contribution in [2.75, 3.05) is 4.90 Å². The van der Waals surface area contributed by atoms with Gasteiger partial charge in [-0.1, -0.05) is 18.2 Å². The molecule has 6 nitrogen and oxygen atoms in total. The van der Waals surface area contributed by atoms with E-state index in [4.69, 9.17) is 4.98 Å². The normalized spacial score (nSPS) is 13.4. The summed E-state index contributed by atoms with van der Waals surface area (Å²) < 4.78 is 0. The fourth-order valence-electron chi connectivity index (χ4n) is 3.76. The zero-order chi connectivity index (χ0) is 20.0. The zero-order valence-electron chi connectivity index (χ0n) is 15.8. The molecule has 3 aromatic heterocycles. The summed E-state index contributed by atoms with van der Waals surface area (Å²) in [5, 5.41) is 3.11. The fraction of sp³-hybridized carbons (Fsp3) is 0.238. The Morgan fingerprint density at radius 3 is 2.72 bits per heavy atom. The van der Waals surface area contributed by atoms with Gasteiger partial charge < -0.3 is 4.98 Å². The maximum atomic E-state index is 12.8.